The van der Waals surface area contributed by atoms with Gasteiger partial charge in [-0.15, -0.1) is 0 Å². The van der Waals surface area contributed by atoms with Crippen LogP contribution in [0.4, 0.5) is 9.59 Å². The van der Waals surface area contributed by atoms with Crippen LogP contribution in [0.25, 0.3) is 22.8 Å². The molecule has 14 heteroatoms. The maximum Gasteiger partial charge on any atom is 0.407 e. The second-order valence-corrected chi connectivity index (χ2v) is 14.8. The van der Waals surface area contributed by atoms with E-state index in [0.29, 0.717) is 22.8 Å². The number of isocyanates is 1. The molecule has 0 atom stereocenters. The van der Waals surface area contributed by atoms with Crippen molar-refractivity contribution in [3.8, 4) is 22.8 Å². The lowest BCUT2D eigenvalue weighted by atomic mass is 10.1. The largest absolute Gasteiger partial charge is 0.445 e. The molecule has 0 aliphatic heterocycles. The standard InChI is InChI=1S/C22H30N4O4.C12H12N2O2.C5H9NO/c1-21(2,3)25-19(27)29-13-15-7-9-23-17(11-15)18-12-16(8-10-24-18)14-30-20(28)26-22(4,5)6;15-7-9-1-3-13-11(5-9)12-6-10(8-16)2-4-14-12;1-5(2,3)6-4-7/h7-12H,13-14H2,1-6H3,(H,25,27)(H,26,28);1-6,15-16H,7-8H2;1-3H3. The van der Waals surface area contributed by atoms with Crippen molar-refractivity contribution < 1.29 is 34.1 Å². The van der Waals surface area contributed by atoms with Gasteiger partial charge in [0, 0.05) is 35.9 Å². The van der Waals surface area contributed by atoms with Crippen LogP contribution >= 0.6 is 0 Å². The molecule has 14 nitrogen and oxygen atoms in total. The van der Waals surface area contributed by atoms with Crippen molar-refractivity contribution in [3.63, 3.8) is 0 Å². The summed E-state index contributed by atoms with van der Waals surface area (Å²) in [5.41, 5.74) is 4.84. The number of hydrogen-bond donors (Lipinski definition) is 4. The van der Waals surface area contributed by atoms with Crippen LogP contribution in [0, 0.1) is 0 Å². The molecule has 4 rings (SSSR count). The Hall–Kier alpha value is -5.56. The van der Waals surface area contributed by atoms with Crippen LogP contribution in [0.5, 0.6) is 0 Å². The lowest BCUT2D eigenvalue weighted by molar-refractivity contribution is 0.130. The number of pyridine rings is 4. The Morgan fingerprint density at radius 3 is 1.15 bits per heavy atom. The highest BCUT2D eigenvalue weighted by molar-refractivity contribution is 5.68. The molecule has 0 spiro atoms. The molecule has 284 valence electrons. The highest BCUT2D eigenvalue weighted by Gasteiger charge is 2.16. The van der Waals surface area contributed by atoms with Crippen LogP contribution in [-0.4, -0.2) is 65.0 Å². The van der Waals surface area contributed by atoms with E-state index in [-0.39, 0.29) is 43.0 Å². The summed E-state index contributed by atoms with van der Waals surface area (Å²) in [5, 5.41) is 23.5. The van der Waals surface area contributed by atoms with Gasteiger partial charge in [-0.1, -0.05) is 0 Å². The summed E-state index contributed by atoms with van der Waals surface area (Å²) in [6.07, 6.45) is 7.06. The Kier molecular flexibility index (Phi) is 16.8. The molecule has 0 saturated heterocycles. The summed E-state index contributed by atoms with van der Waals surface area (Å²) in [4.78, 5) is 53.7. The molecule has 0 fully saturated rings. The van der Waals surface area contributed by atoms with Crippen molar-refractivity contribution in [2.75, 3.05) is 0 Å². The van der Waals surface area contributed by atoms with Crippen molar-refractivity contribution in [2.45, 2.75) is 105 Å². The zero-order valence-corrected chi connectivity index (χ0v) is 31.9. The molecule has 2 amide bonds. The van der Waals surface area contributed by atoms with Gasteiger partial charge in [-0.3, -0.25) is 19.9 Å². The van der Waals surface area contributed by atoms with Gasteiger partial charge in [0.2, 0.25) is 6.08 Å². The van der Waals surface area contributed by atoms with E-state index in [0.717, 1.165) is 22.3 Å². The molecule has 0 aliphatic carbocycles. The van der Waals surface area contributed by atoms with Gasteiger partial charge in [0.1, 0.15) is 13.2 Å². The normalized spacial score (nSPS) is 11.0. The average Bonchev–Trinajstić information content (AvgIpc) is 3.09. The highest BCUT2D eigenvalue weighted by atomic mass is 16.6. The number of carbonyl (C=O) groups is 2. The molecule has 0 saturated carbocycles. The van der Waals surface area contributed by atoms with E-state index in [1.165, 1.54) is 6.08 Å². The van der Waals surface area contributed by atoms with Crippen LogP contribution in [0.3, 0.4) is 0 Å². The van der Waals surface area contributed by atoms with E-state index in [1.807, 2.05) is 74.4 Å². The predicted octanol–water partition coefficient (Wildman–Crippen LogP) is 6.44. The molecule has 0 radical (unpaired) electrons. The van der Waals surface area contributed by atoms with Gasteiger partial charge in [0.05, 0.1) is 41.5 Å². The minimum absolute atomic E-state index is 0.0186. The molecule has 4 heterocycles. The van der Waals surface area contributed by atoms with Crippen LogP contribution < -0.4 is 10.6 Å². The maximum absolute atomic E-state index is 11.8. The van der Waals surface area contributed by atoms with Crippen molar-refractivity contribution in [1.29, 1.82) is 0 Å². The van der Waals surface area contributed by atoms with Crippen LogP contribution in [0.2, 0.25) is 0 Å². The fourth-order valence-electron chi connectivity index (χ4n) is 3.95. The van der Waals surface area contributed by atoms with Crippen molar-refractivity contribution in [1.82, 2.24) is 30.6 Å². The number of aliphatic hydroxyl groups excluding tert-OH is 2. The smallest absolute Gasteiger partial charge is 0.407 e. The van der Waals surface area contributed by atoms with E-state index < -0.39 is 12.2 Å². The number of amides is 2. The number of aliphatic imine (C=N–C) groups is 1. The van der Waals surface area contributed by atoms with Gasteiger partial charge in [-0.2, -0.15) is 0 Å². The van der Waals surface area contributed by atoms with Gasteiger partial charge < -0.3 is 30.3 Å². The molecule has 0 bridgehead atoms. The van der Waals surface area contributed by atoms with E-state index in [4.69, 9.17) is 19.7 Å². The number of nitrogens with one attached hydrogen (secondary N) is 2. The first-order valence-corrected chi connectivity index (χ1v) is 16.8. The van der Waals surface area contributed by atoms with Crippen molar-refractivity contribution in [2.24, 2.45) is 4.99 Å². The number of alkyl carbamates (subject to hydrolysis) is 2. The van der Waals surface area contributed by atoms with Gasteiger partial charge >= 0.3 is 12.2 Å². The van der Waals surface area contributed by atoms with Crippen molar-refractivity contribution >= 4 is 18.3 Å². The lowest BCUT2D eigenvalue weighted by Crippen LogP contribution is -2.40. The number of nitrogens with zero attached hydrogens (tertiary/aromatic N) is 5. The Balaban J connectivity index is 0.000000349. The molecule has 0 aromatic carbocycles. The fourth-order valence-corrected chi connectivity index (χ4v) is 3.95. The highest BCUT2D eigenvalue weighted by Crippen LogP contribution is 2.19. The second-order valence-electron chi connectivity index (χ2n) is 14.8. The Morgan fingerprint density at radius 1 is 0.604 bits per heavy atom. The molecule has 4 N–H and O–H groups in total. The topological polar surface area (TPSA) is 198 Å². The number of rotatable bonds is 8. The number of aliphatic hydroxyl groups is 2. The second kappa shape index (κ2) is 20.5. The molecule has 0 aliphatic rings. The number of aromatic nitrogens is 4. The van der Waals surface area contributed by atoms with Gasteiger partial charge in [-0.25, -0.2) is 19.4 Å². The molecule has 4 aromatic heterocycles. The first-order chi connectivity index (χ1) is 24.8. The predicted molar refractivity (Wildman–Crippen MR) is 201 cm³/mol. The van der Waals surface area contributed by atoms with Crippen LogP contribution in [0.15, 0.2) is 78.3 Å². The number of carbonyl (C=O) groups excluding carboxylic acids is 3. The molecule has 53 heavy (non-hydrogen) atoms. The van der Waals surface area contributed by atoms with E-state index >= 15 is 0 Å². The minimum Gasteiger partial charge on any atom is -0.445 e. The van der Waals surface area contributed by atoms with E-state index in [9.17, 15) is 14.4 Å². The zero-order valence-electron chi connectivity index (χ0n) is 31.9. The van der Waals surface area contributed by atoms with Gasteiger partial charge in [0.25, 0.3) is 0 Å². The molecule has 0 unspecified atom stereocenters. The molecular weight excluding hydrogens is 678 g/mol. The third-order valence-corrected chi connectivity index (χ3v) is 6.26. The van der Waals surface area contributed by atoms with Crippen molar-refractivity contribution in [3.05, 3.63) is 95.6 Å². The third-order valence-electron chi connectivity index (χ3n) is 6.26. The summed E-state index contributed by atoms with van der Waals surface area (Å²) in [6.45, 7) is 17.0. The van der Waals surface area contributed by atoms with E-state index in [2.05, 4.69) is 35.6 Å². The monoisotopic (exact) mass is 729 g/mol. The Morgan fingerprint density at radius 2 is 0.906 bits per heavy atom. The average molecular weight is 730 g/mol. The lowest BCUT2D eigenvalue weighted by Gasteiger charge is -2.20. The summed E-state index contributed by atoms with van der Waals surface area (Å²) in [7, 11) is 0. The third kappa shape index (κ3) is 18.5. The summed E-state index contributed by atoms with van der Waals surface area (Å²) in [6, 6.07) is 14.2. The minimum atomic E-state index is -0.480. The molecular formula is C39H51N7O7. The fraction of sp³-hybridized carbons (Fsp3) is 0.410. The van der Waals surface area contributed by atoms with Crippen LogP contribution in [-0.2, 0) is 40.7 Å². The number of ether oxygens (including phenoxy) is 2. The molecule has 4 aromatic rings. The van der Waals surface area contributed by atoms with Gasteiger partial charge in [0.15, 0.2) is 0 Å². The van der Waals surface area contributed by atoms with Crippen LogP contribution in [0.1, 0.15) is 84.6 Å². The first-order valence-electron chi connectivity index (χ1n) is 16.8. The SMILES string of the molecule is CC(C)(C)N=C=O.CC(C)(C)NC(=O)OCc1ccnc(-c2cc(COC(=O)NC(C)(C)C)ccn2)c1.OCc1ccnc(-c2cc(CO)ccn2)c1. The number of hydrogen-bond acceptors (Lipinski definition) is 12. The van der Waals surface area contributed by atoms with E-state index in [1.54, 1.807) is 61.2 Å². The quantitative estimate of drug-likeness (QED) is 0.115. The summed E-state index contributed by atoms with van der Waals surface area (Å²) < 4.78 is 10.5. The summed E-state index contributed by atoms with van der Waals surface area (Å²) >= 11 is 0. The maximum atomic E-state index is 11.8. The Labute approximate surface area is 311 Å². The first kappa shape index (κ1) is 43.6. The zero-order chi connectivity index (χ0) is 39.7. The summed E-state index contributed by atoms with van der Waals surface area (Å²) in [5.74, 6) is 0. The Bertz CT molecular complexity index is 1700. The van der Waals surface area contributed by atoms with Gasteiger partial charge in [-0.05, 0) is 133 Å².